The van der Waals surface area contributed by atoms with Gasteiger partial charge in [0.05, 0.1) is 13.2 Å². The lowest BCUT2D eigenvalue weighted by atomic mass is 9.63. The zero-order chi connectivity index (χ0) is 20.2. The van der Waals surface area contributed by atoms with E-state index in [0.717, 1.165) is 24.6 Å². The normalized spacial score (nSPS) is 39.9. The Balaban J connectivity index is 1.54. The molecule has 2 unspecified atom stereocenters. The highest BCUT2D eigenvalue weighted by molar-refractivity contribution is 5.61. The van der Waals surface area contributed by atoms with Crippen LogP contribution in [0.1, 0.15) is 51.5 Å². The summed E-state index contributed by atoms with van der Waals surface area (Å²) in [6.07, 6.45) is 8.62. The lowest BCUT2D eigenvalue weighted by Gasteiger charge is -2.53. The highest BCUT2D eigenvalue weighted by Crippen LogP contribution is 2.55. The SMILES string of the molecule is C=C[C@@H]1CN2CCC1C[C@H]2[C@@H]1O[C@@H]2C[C@]1(CCC(C)C)c1cc(OC)ccc1N2. The smallest absolute Gasteiger partial charge is 0.129 e. The Morgan fingerprint density at radius 1 is 1.41 bits per heavy atom. The Kier molecular flexibility index (Phi) is 4.90. The van der Waals surface area contributed by atoms with Crippen LogP contribution in [0.4, 0.5) is 5.69 Å². The highest BCUT2D eigenvalue weighted by atomic mass is 16.5. The van der Waals surface area contributed by atoms with Crippen LogP contribution in [0.15, 0.2) is 30.9 Å². The van der Waals surface area contributed by atoms with E-state index in [4.69, 9.17) is 9.47 Å². The van der Waals surface area contributed by atoms with Crippen LogP contribution in [0.2, 0.25) is 0 Å². The van der Waals surface area contributed by atoms with Crippen molar-refractivity contribution in [2.45, 2.75) is 69.7 Å². The van der Waals surface area contributed by atoms with Gasteiger partial charge in [-0.15, -0.1) is 6.58 Å². The monoisotopic (exact) mass is 396 g/mol. The summed E-state index contributed by atoms with van der Waals surface area (Å²) in [6, 6.07) is 7.06. The number of hydrogen-bond donors (Lipinski definition) is 1. The molecular formula is C25H36N2O2. The number of nitrogens with zero attached hydrogens (tertiary/aromatic N) is 1. The first-order valence-electron chi connectivity index (χ1n) is 11.5. The number of rotatable bonds is 6. The Labute approximate surface area is 175 Å². The van der Waals surface area contributed by atoms with E-state index < -0.39 is 0 Å². The molecule has 29 heavy (non-hydrogen) atoms. The Bertz CT molecular complexity index is 778. The number of piperidine rings is 3. The summed E-state index contributed by atoms with van der Waals surface area (Å²) < 4.78 is 12.4. The summed E-state index contributed by atoms with van der Waals surface area (Å²) in [7, 11) is 1.77. The van der Waals surface area contributed by atoms with E-state index in [1.54, 1.807) is 7.11 Å². The van der Waals surface area contributed by atoms with E-state index >= 15 is 0 Å². The van der Waals surface area contributed by atoms with E-state index in [1.165, 1.54) is 43.5 Å². The van der Waals surface area contributed by atoms with Crippen LogP contribution in [-0.4, -0.2) is 43.5 Å². The number of methoxy groups -OCH3 is 1. The number of benzene rings is 1. The van der Waals surface area contributed by atoms with E-state index in [9.17, 15) is 0 Å². The van der Waals surface area contributed by atoms with Crippen LogP contribution in [0.3, 0.4) is 0 Å². The zero-order valence-electron chi connectivity index (χ0n) is 18.2. The lowest BCUT2D eigenvalue weighted by Crippen LogP contribution is -2.60. The molecule has 0 amide bonds. The molecule has 5 aliphatic rings. The third kappa shape index (κ3) is 3.11. The van der Waals surface area contributed by atoms with Crippen molar-refractivity contribution >= 4 is 5.69 Å². The van der Waals surface area contributed by atoms with Gasteiger partial charge >= 0.3 is 0 Å². The first-order valence-corrected chi connectivity index (χ1v) is 11.5. The van der Waals surface area contributed by atoms with E-state index in [-0.39, 0.29) is 17.7 Å². The summed E-state index contributed by atoms with van der Waals surface area (Å²) >= 11 is 0. The second kappa shape index (κ2) is 7.31. The molecule has 158 valence electrons. The minimum atomic E-state index is 0.0792. The molecule has 0 aromatic heterocycles. The van der Waals surface area contributed by atoms with Crippen molar-refractivity contribution in [1.82, 2.24) is 4.90 Å². The van der Waals surface area contributed by atoms with E-state index in [1.807, 2.05) is 0 Å². The predicted octanol–water partition coefficient (Wildman–Crippen LogP) is 4.81. The Morgan fingerprint density at radius 3 is 2.97 bits per heavy atom. The summed E-state index contributed by atoms with van der Waals surface area (Å²) in [6.45, 7) is 11.2. The van der Waals surface area contributed by atoms with Crippen molar-refractivity contribution in [2.24, 2.45) is 17.8 Å². The van der Waals surface area contributed by atoms with Crippen molar-refractivity contribution in [3.8, 4) is 5.75 Å². The maximum absolute atomic E-state index is 6.82. The number of fused-ring (bicyclic) bond motifs is 7. The fourth-order valence-electron chi connectivity index (χ4n) is 6.59. The molecule has 5 heterocycles. The maximum Gasteiger partial charge on any atom is 0.129 e. The molecule has 0 aliphatic carbocycles. The van der Waals surface area contributed by atoms with Crippen LogP contribution >= 0.6 is 0 Å². The van der Waals surface area contributed by atoms with Gasteiger partial charge in [-0.1, -0.05) is 26.3 Å². The van der Waals surface area contributed by atoms with Crippen molar-refractivity contribution in [2.75, 3.05) is 25.5 Å². The summed E-state index contributed by atoms with van der Waals surface area (Å²) in [5, 5.41) is 3.67. The van der Waals surface area contributed by atoms with Crippen LogP contribution in [0, 0.1) is 17.8 Å². The topological polar surface area (TPSA) is 33.7 Å². The summed E-state index contributed by atoms with van der Waals surface area (Å²) in [5.74, 6) is 3.07. The van der Waals surface area contributed by atoms with E-state index in [2.05, 4.69) is 54.9 Å². The van der Waals surface area contributed by atoms with Gasteiger partial charge in [0.25, 0.3) is 0 Å². The number of anilines is 1. The minimum Gasteiger partial charge on any atom is -0.497 e. The number of ether oxygens (including phenoxy) is 2. The molecule has 1 N–H and O–H groups in total. The number of hydrogen-bond acceptors (Lipinski definition) is 4. The average molecular weight is 397 g/mol. The molecule has 6 rings (SSSR count). The van der Waals surface area contributed by atoms with Gasteiger partial charge in [-0.2, -0.15) is 0 Å². The van der Waals surface area contributed by atoms with Gasteiger partial charge in [0, 0.05) is 30.1 Å². The van der Waals surface area contributed by atoms with Gasteiger partial charge in [0.2, 0.25) is 0 Å². The minimum absolute atomic E-state index is 0.0792. The van der Waals surface area contributed by atoms with Crippen LogP contribution in [0.5, 0.6) is 5.75 Å². The van der Waals surface area contributed by atoms with Gasteiger partial charge in [-0.3, -0.25) is 4.90 Å². The van der Waals surface area contributed by atoms with Gasteiger partial charge < -0.3 is 14.8 Å². The fourth-order valence-corrected chi connectivity index (χ4v) is 6.59. The molecule has 1 aromatic carbocycles. The molecule has 1 aromatic rings. The van der Waals surface area contributed by atoms with Crippen molar-refractivity contribution in [1.29, 1.82) is 0 Å². The lowest BCUT2D eigenvalue weighted by molar-refractivity contribution is -0.0798. The van der Waals surface area contributed by atoms with Gasteiger partial charge in [-0.05, 0) is 67.3 Å². The highest BCUT2D eigenvalue weighted by Gasteiger charge is 2.58. The molecule has 0 spiro atoms. The molecule has 4 saturated heterocycles. The second-order valence-electron chi connectivity index (χ2n) is 10.1. The molecule has 7 atom stereocenters. The summed E-state index contributed by atoms with van der Waals surface area (Å²) in [4.78, 5) is 2.72. The van der Waals surface area contributed by atoms with Gasteiger partial charge in [-0.25, -0.2) is 0 Å². The molecular weight excluding hydrogens is 360 g/mol. The van der Waals surface area contributed by atoms with Crippen LogP contribution in [-0.2, 0) is 10.2 Å². The molecule has 4 heteroatoms. The quantitative estimate of drug-likeness (QED) is 0.700. The molecule has 0 saturated carbocycles. The summed E-state index contributed by atoms with van der Waals surface area (Å²) in [5.41, 5.74) is 2.74. The maximum atomic E-state index is 6.82. The Morgan fingerprint density at radius 2 is 2.28 bits per heavy atom. The Hall–Kier alpha value is -1.52. The largest absolute Gasteiger partial charge is 0.497 e. The van der Waals surface area contributed by atoms with Crippen molar-refractivity contribution < 1.29 is 9.47 Å². The van der Waals surface area contributed by atoms with Crippen LogP contribution < -0.4 is 10.1 Å². The van der Waals surface area contributed by atoms with E-state index in [0.29, 0.717) is 17.9 Å². The average Bonchev–Trinajstić information content (AvgIpc) is 3.06. The fraction of sp³-hybridized carbons (Fsp3) is 0.680. The molecule has 5 aliphatic heterocycles. The molecule has 4 fully saturated rings. The standard InChI is InChI=1S/C25H36N2O2/c1-5-17-15-27-11-9-18(17)12-22(27)24-25(10-8-16(2)3)14-23(29-24)26-21-7-6-19(28-4)13-20(21)25/h5-7,13,16-18,22-24,26H,1,8-12,14-15H2,2-4H3/t17-,18?,22+,23-,24+,25-/m1/s1. The van der Waals surface area contributed by atoms with Crippen LogP contribution in [0.25, 0.3) is 0 Å². The number of nitrogens with one attached hydrogen (secondary N) is 1. The first kappa shape index (κ1) is 19.4. The second-order valence-corrected chi connectivity index (χ2v) is 10.1. The van der Waals surface area contributed by atoms with Gasteiger partial charge in [0.1, 0.15) is 12.0 Å². The third-order valence-electron chi connectivity index (χ3n) is 8.16. The first-order chi connectivity index (χ1) is 14.0. The third-order valence-corrected chi connectivity index (χ3v) is 8.16. The molecule has 4 nitrogen and oxygen atoms in total. The zero-order valence-corrected chi connectivity index (χ0v) is 18.2. The van der Waals surface area contributed by atoms with Gasteiger partial charge in [0.15, 0.2) is 0 Å². The molecule has 0 radical (unpaired) electrons. The predicted molar refractivity (Wildman–Crippen MR) is 117 cm³/mol. The van der Waals surface area contributed by atoms with Crippen molar-refractivity contribution in [3.05, 3.63) is 36.4 Å². The molecule has 4 bridgehead atoms. The van der Waals surface area contributed by atoms with Crippen molar-refractivity contribution in [3.63, 3.8) is 0 Å².